The van der Waals surface area contributed by atoms with E-state index in [1.54, 1.807) is 4.90 Å². The van der Waals surface area contributed by atoms with Crippen molar-refractivity contribution in [1.29, 1.82) is 0 Å². The highest BCUT2D eigenvalue weighted by Crippen LogP contribution is 2.17. The first-order valence-corrected chi connectivity index (χ1v) is 8.13. The van der Waals surface area contributed by atoms with E-state index < -0.39 is 0 Å². The van der Waals surface area contributed by atoms with Crippen LogP contribution >= 0.6 is 0 Å². The molecule has 0 aliphatic carbocycles. The zero-order chi connectivity index (χ0) is 15.2. The van der Waals surface area contributed by atoms with E-state index in [1.165, 1.54) is 0 Å². The Morgan fingerprint density at radius 1 is 1.33 bits per heavy atom. The highest BCUT2D eigenvalue weighted by molar-refractivity contribution is 5.82. The van der Waals surface area contributed by atoms with E-state index in [0.29, 0.717) is 12.5 Å². The number of hydrogen-bond acceptors (Lipinski definition) is 3. The van der Waals surface area contributed by atoms with Crippen LogP contribution in [0.4, 0.5) is 4.79 Å². The van der Waals surface area contributed by atoms with Gasteiger partial charge in [-0.05, 0) is 45.1 Å². The van der Waals surface area contributed by atoms with E-state index in [-0.39, 0.29) is 18.0 Å². The molecule has 0 saturated carbocycles. The SMILES string of the molecule is CCN(C)C(=O)N1CCCC(CNC(=O)C2CCCN2)C1. The van der Waals surface area contributed by atoms with Gasteiger partial charge in [-0.15, -0.1) is 0 Å². The molecule has 2 fully saturated rings. The summed E-state index contributed by atoms with van der Waals surface area (Å²) in [7, 11) is 1.83. The van der Waals surface area contributed by atoms with Gasteiger partial charge in [-0.3, -0.25) is 4.79 Å². The molecule has 0 aromatic rings. The average molecular weight is 296 g/mol. The fourth-order valence-electron chi connectivity index (χ4n) is 3.06. The van der Waals surface area contributed by atoms with Gasteiger partial charge in [-0.2, -0.15) is 0 Å². The van der Waals surface area contributed by atoms with Gasteiger partial charge in [0, 0.05) is 33.2 Å². The second-order valence-corrected chi connectivity index (χ2v) is 6.15. The lowest BCUT2D eigenvalue weighted by Crippen LogP contribution is -2.49. The van der Waals surface area contributed by atoms with Crippen LogP contribution in [-0.2, 0) is 4.79 Å². The smallest absolute Gasteiger partial charge is 0.319 e. The summed E-state index contributed by atoms with van der Waals surface area (Å²) in [6.07, 6.45) is 4.11. The molecular formula is C15H28N4O2. The van der Waals surface area contributed by atoms with Crippen molar-refractivity contribution in [2.45, 2.75) is 38.6 Å². The molecule has 0 aromatic carbocycles. The molecule has 2 aliphatic rings. The number of nitrogens with zero attached hydrogens (tertiary/aromatic N) is 2. The normalized spacial score (nSPS) is 25.7. The number of rotatable bonds is 4. The van der Waals surface area contributed by atoms with E-state index in [9.17, 15) is 9.59 Å². The topological polar surface area (TPSA) is 64.7 Å². The second-order valence-electron chi connectivity index (χ2n) is 6.15. The van der Waals surface area contributed by atoms with Crippen molar-refractivity contribution in [3.63, 3.8) is 0 Å². The van der Waals surface area contributed by atoms with Gasteiger partial charge in [0.05, 0.1) is 6.04 Å². The Balaban J connectivity index is 1.76. The van der Waals surface area contributed by atoms with Gasteiger partial charge in [0.15, 0.2) is 0 Å². The van der Waals surface area contributed by atoms with Crippen molar-refractivity contribution in [3.8, 4) is 0 Å². The lowest BCUT2D eigenvalue weighted by atomic mass is 9.98. The Bertz CT molecular complexity index is 369. The summed E-state index contributed by atoms with van der Waals surface area (Å²) in [5, 5.41) is 6.25. The van der Waals surface area contributed by atoms with Crippen molar-refractivity contribution in [1.82, 2.24) is 20.4 Å². The van der Waals surface area contributed by atoms with Gasteiger partial charge in [0.1, 0.15) is 0 Å². The van der Waals surface area contributed by atoms with Gasteiger partial charge in [0.2, 0.25) is 5.91 Å². The molecule has 0 bridgehead atoms. The van der Waals surface area contributed by atoms with Crippen LogP contribution in [0.1, 0.15) is 32.6 Å². The van der Waals surface area contributed by atoms with Crippen LogP contribution in [0, 0.1) is 5.92 Å². The Kier molecular flexibility index (Phi) is 5.85. The quantitative estimate of drug-likeness (QED) is 0.800. The van der Waals surface area contributed by atoms with E-state index >= 15 is 0 Å². The van der Waals surface area contributed by atoms with Crippen LogP contribution in [0.25, 0.3) is 0 Å². The fraction of sp³-hybridized carbons (Fsp3) is 0.867. The molecule has 120 valence electrons. The predicted molar refractivity (Wildman–Crippen MR) is 82.0 cm³/mol. The van der Waals surface area contributed by atoms with Crippen molar-refractivity contribution in [2.75, 3.05) is 39.8 Å². The zero-order valence-electron chi connectivity index (χ0n) is 13.2. The predicted octanol–water partition coefficient (Wildman–Crippen LogP) is 0.638. The molecule has 0 radical (unpaired) electrons. The number of urea groups is 1. The van der Waals surface area contributed by atoms with Crippen LogP contribution in [0.2, 0.25) is 0 Å². The van der Waals surface area contributed by atoms with Gasteiger partial charge in [-0.25, -0.2) is 4.79 Å². The zero-order valence-corrected chi connectivity index (χ0v) is 13.2. The number of carbonyl (C=O) groups is 2. The van der Waals surface area contributed by atoms with Crippen LogP contribution in [0.3, 0.4) is 0 Å². The molecule has 6 heteroatoms. The Labute approximate surface area is 127 Å². The van der Waals surface area contributed by atoms with E-state index in [0.717, 1.165) is 51.9 Å². The summed E-state index contributed by atoms with van der Waals surface area (Å²) >= 11 is 0. The molecule has 21 heavy (non-hydrogen) atoms. The number of likely N-dealkylation sites (tertiary alicyclic amines) is 1. The number of hydrogen-bond donors (Lipinski definition) is 2. The van der Waals surface area contributed by atoms with Crippen molar-refractivity contribution < 1.29 is 9.59 Å². The summed E-state index contributed by atoms with van der Waals surface area (Å²) in [6, 6.07) is 0.0866. The maximum atomic E-state index is 12.2. The minimum atomic E-state index is -0.0162. The minimum Gasteiger partial charge on any atom is -0.354 e. The van der Waals surface area contributed by atoms with Crippen LogP contribution in [0.15, 0.2) is 0 Å². The molecule has 2 aliphatic heterocycles. The summed E-state index contributed by atoms with van der Waals surface area (Å²) in [5.74, 6) is 0.486. The summed E-state index contributed by atoms with van der Waals surface area (Å²) < 4.78 is 0. The van der Waals surface area contributed by atoms with Crippen LogP contribution in [0.5, 0.6) is 0 Å². The highest BCUT2D eigenvalue weighted by atomic mass is 16.2. The van der Waals surface area contributed by atoms with Crippen molar-refractivity contribution >= 4 is 11.9 Å². The molecule has 3 amide bonds. The Morgan fingerprint density at radius 3 is 2.81 bits per heavy atom. The van der Waals surface area contributed by atoms with Crippen molar-refractivity contribution in [2.24, 2.45) is 5.92 Å². The maximum Gasteiger partial charge on any atom is 0.319 e. The molecule has 2 heterocycles. The van der Waals surface area contributed by atoms with Gasteiger partial charge < -0.3 is 20.4 Å². The lowest BCUT2D eigenvalue weighted by Gasteiger charge is -2.35. The Morgan fingerprint density at radius 2 is 2.14 bits per heavy atom. The van der Waals surface area contributed by atoms with Gasteiger partial charge >= 0.3 is 6.03 Å². The first kappa shape index (κ1) is 16.1. The standard InChI is InChI=1S/C15H28N4O2/c1-3-18(2)15(21)19-9-5-6-12(11-19)10-17-14(20)13-7-4-8-16-13/h12-13,16H,3-11H2,1-2H3,(H,17,20). The summed E-state index contributed by atoms with van der Waals surface area (Å²) in [4.78, 5) is 27.8. The van der Waals surface area contributed by atoms with E-state index in [1.807, 2.05) is 18.9 Å². The molecule has 0 spiro atoms. The van der Waals surface area contributed by atoms with E-state index in [2.05, 4.69) is 10.6 Å². The summed E-state index contributed by atoms with van der Waals surface area (Å²) in [5.41, 5.74) is 0. The summed E-state index contributed by atoms with van der Waals surface area (Å²) in [6.45, 7) is 5.90. The molecule has 6 nitrogen and oxygen atoms in total. The van der Waals surface area contributed by atoms with Crippen LogP contribution in [-0.4, -0.2) is 67.6 Å². The third-order valence-electron chi connectivity index (χ3n) is 4.53. The number of piperidine rings is 1. The first-order valence-electron chi connectivity index (χ1n) is 8.13. The molecule has 0 aromatic heterocycles. The van der Waals surface area contributed by atoms with Crippen LogP contribution < -0.4 is 10.6 Å². The highest BCUT2D eigenvalue weighted by Gasteiger charge is 2.27. The molecule has 2 N–H and O–H groups in total. The third kappa shape index (κ3) is 4.33. The fourth-order valence-corrected chi connectivity index (χ4v) is 3.06. The molecule has 2 atom stereocenters. The monoisotopic (exact) mass is 296 g/mol. The first-order chi connectivity index (χ1) is 10.1. The Hall–Kier alpha value is -1.30. The average Bonchev–Trinajstić information content (AvgIpc) is 3.05. The maximum absolute atomic E-state index is 12.2. The minimum absolute atomic E-state index is 0.0162. The second kappa shape index (κ2) is 7.64. The number of carbonyl (C=O) groups excluding carboxylic acids is 2. The van der Waals surface area contributed by atoms with E-state index in [4.69, 9.17) is 0 Å². The number of amides is 3. The molecule has 2 saturated heterocycles. The molecule has 2 rings (SSSR count). The third-order valence-corrected chi connectivity index (χ3v) is 4.53. The lowest BCUT2D eigenvalue weighted by molar-refractivity contribution is -0.123. The molecule has 2 unspecified atom stereocenters. The van der Waals surface area contributed by atoms with Gasteiger partial charge in [-0.1, -0.05) is 0 Å². The number of nitrogens with one attached hydrogen (secondary N) is 2. The van der Waals surface area contributed by atoms with Gasteiger partial charge in [0.25, 0.3) is 0 Å². The molecular weight excluding hydrogens is 268 g/mol. The largest absolute Gasteiger partial charge is 0.354 e. The van der Waals surface area contributed by atoms with Crippen molar-refractivity contribution in [3.05, 3.63) is 0 Å².